The number of amides is 1. The number of hydrogen-bond donors (Lipinski definition) is 2. The van der Waals surface area contributed by atoms with E-state index in [4.69, 9.17) is 4.52 Å². The van der Waals surface area contributed by atoms with Crippen LogP contribution >= 0.6 is 0 Å². The van der Waals surface area contributed by atoms with Crippen molar-refractivity contribution in [3.05, 3.63) is 42.0 Å². The number of aromatic nitrogens is 2. The van der Waals surface area contributed by atoms with Crippen molar-refractivity contribution in [1.82, 2.24) is 15.5 Å². The summed E-state index contributed by atoms with van der Waals surface area (Å²) in [5.41, 5.74) is 0.761. The Morgan fingerprint density at radius 3 is 3.13 bits per heavy atom. The van der Waals surface area contributed by atoms with E-state index in [1.54, 1.807) is 0 Å². The molecule has 0 bridgehead atoms. The van der Waals surface area contributed by atoms with E-state index in [9.17, 15) is 4.79 Å². The summed E-state index contributed by atoms with van der Waals surface area (Å²) >= 11 is 0. The third-order valence-electron chi connectivity index (χ3n) is 5.06. The molecule has 1 saturated carbocycles. The molecule has 2 aliphatic rings. The highest BCUT2D eigenvalue weighted by atomic mass is 16.5. The SMILES string of the molecule is O=C(Cc1noc([C@@]23CCC[C@@H]2CNC3)n1)Nc1ccccc1. The molecule has 0 radical (unpaired) electrons. The van der Waals surface area contributed by atoms with Gasteiger partial charge in [0.25, 0.3) is 0 Å². The highest BCUT2D eigenvalue weighted by molar-refractivity contribution is 5.91. The minimum atomic E-state index is -0.131. The van der Waals surface area contributed by atoms with Crippen molar-refractivity contribution in [1.29, 1.82) is 0 Å². The van der Waals surface area contributed by atoms with Gasteiger partial charge in [-0.05, 0) is 37.4 Å². The van der Waals surface area contributed by atoms with Crippen LogP contribution in [-0.4, -0.2) is 29.1 Å². The average molecular weight is 312 g/mol. The molecular formula is C17H20N4O2. The number of nitrogens with zero attached hydrogens (tertiary/aromatic N) is 2. The quantitative estimate of drug-likeness (QED) is 0.901. The van der Waals surface area contributed by atoms with Crippen molar-refractivity contribution < 1.29 is 9.32 Å². The van der Waals surface area contributed by atoms with Gasteiger partial charge < -0.3 is 15.2 Å². The van der Waals surface area contributed by atoms with Crippen molar-refractivity contribution in [3.63, 3.8) is 0 Å². The molecule has 1 saturated heterocycles. The van der Waals surface area contributed by atoms with Crippen molar-refractivity contribution in [2.75, 3.05) is 18.4 Å². The first kappa shape index (κ1) is 14.4. The number of benzene rings is 1. The van der Waals surface area contributed by atoms with E-state index in [-0.39, 0.29) is 17.7 Å². The van der Waals surface area contributed by atoms with Crippen LogP contribution in [0.15, 0.2) is 34.9 Å². The highest BCUT2D eigenvalue weighted by Gasteiger charge is 2.51. The molecule has 6 nitrogen and oxygen atoms in total. The minimum Gasteiger partial charge on any atom is -0.339 e. The van der Waals surface area contributed by atoms with Crippen LogP contribution in [0.5, 0.6) is 0 Å². The monoisotopic (exact) mass is 312 g/mol. The van der Waals surface area contributed by atoms with Crippen molar-refractivity contribution in [2.24, 2.45) is 5.92 Å². The van der Waals surface area contributed by atoms with E-state index in [1.165, 1.54) is 12.8 Å². The second-order valence-electron chi connectivity index (χ2n) is 6.48. The van der Waals surface area contributed by atoms with E-state index >= 15 is 0 Å². The lowest BCUT2D eigenvalue weighted by Gasteiger charge is -2.22. The second kappa shape index (κ2) is 5.77. The van der Waals surface area contributed by atoms with Gasteiger partial charge >= 0.3 is 0 Å². The fourth-order valence-corrected chi connectivity index (χ4v) is 3.90. The molecule has 120 valence electrons. The number of hydrogen-bond acceptors (Lipinski definition) is 5. The number of carbonyl (C=O) groups is 1. The van der Waals surface area contributed by atoms with E-state index in [0.29, 0.717) is 17.6 Å². The van der Waals surface area contributed by atoms with Crippen molar-refractivity contribution >= 4 is 11.6 Å². The number of para-hydroxylation sites is 1. The number of anilines is 1. The van der Waals surface area contributed by atoms with Crippen molar-refractivity contribution in [3.8, 4) is 0 Å². The molecule has 1 aliphatic heterocycles. The molecule has 23 heavy (non-hydrogen) atoms. The Labute approximate surface area is 134 Å². The molecule has 2 aromatic rings. The van der Waals surface area contributed by atoms with E-state index in [0.717, 1.165) is 25.2 Å². The smallest absolute Gasteiger partial charge is 0.234 e. The molecule has 0 unspecified atom stereocenters. The Balaban J connectivity index is 1.45. The first-order valence-electron chi connectivity index (χ1n) is 8.15. The predicted octanol–water partition coefficient (Wildman–Crippen LogP) is 1.89. The zero-order chi connectivity index (χ0) is 15.7. The van der Waals surface area contributed by atoms with Crippen LogP contribution < -0.4 is 10.6 Å². The maximum atomic E-state index is 12.1. The van der Waals surface area contributed by atoms with Crippen LogP contribution in [-0.2, 0) is 16.6 Å². The van der Waals surface area contributed by atoms with Gasteiger partial charge in [-0.3, -0.25) is 4.79 Å². The normalized spacial score (nSPS) is 26.2. The molecule has 0 spiro atoms. The van der Waals surface area contributed by atoms with Gasteiger partial charge in [0.15, 0.2) is 5.82 Å². The number of fused-ring (bicyclic) bond motifs is 1. The van der Waals surface area contributed by atoms with Gasteiger partial charge in [-0.2, -0.15) is 4.98 Å². The molecule has 6 heteroatoms. The topological polar surface area (TPSA) is 80.1 Å². The zero-order valence-corrected chi connectivity index (χ0v) is 12.9. The molecule has 2 fully saturated rings. The fourth-order valence-electron chi connectivity index (χ4n) is 3.90. The van der Waals surface area contributed by atoms with Gasteiger partial charge in [0.05, 0.1) is 11.8 Å². The summed E-state index contributed by atoms with van der Waals surface area (Å²) in [5.74, 6) is 1.61. The summed E-state index contributed by atoms with van der Waals surface area (Å²) in [7, 11) is 0. The van der Waals surface area contributed by atoms with Gasteiger partial charge in [0, 0.05) is 12.2 Å². The molecule has 2 atom stereocenters. The highest BCUT2D eigenvalue weighted by Crippen LogP contribution is 2.47. The summed E-state index contributed by atoms with van der Waals surface area (Å²) in [6.07, 6.45) is 3.63. The Kier molecular flexibility index (Phi) is 3.61. The van der Waals surface area contributed by atoms with Crippen LogP contribution in [0.3, 0.4) is 0 Å². The molecule has 2 heterocycles. The summed E-state index contributed by atoms with van der Waals surface area (Å²) < 4.78 is 5.52. The molecule has 4 rings (SSSR count). The molecular weight excluding hydrogens is 292 g/mol. The largest absolute Gasteiger partial charge is 0.339 e. The van der Waals surface area contributed by atoms with E-state index in [1.807, 2.05) is 30.3 Å². The average Bonchev–Trinajstić information content (AvgIpc) is 3.22. The second-order valence-corrected chi connectivity index (χ2v) is 6.48. The number of carbonyl (C=O) groups excluding carboxylic acids is 1. The Bertz CT molecular complexity index is 688. The molecule has 2 N–H and O–H groups in total. The lowest BCUT2D eigenvalue weighted by Crippen LogP contribution is -2.31. The number of nitrogens with one attached hydrogen (secondary N) is 2. The van der Waals surface area contributed by atoms with Gasteiger partial charge in [-0.25, -0.2) is 0 Å². The fraction of sp³-hybridized carbons (Fsp3) is 0.471. The van der Waals surface area contributed by atoms with Gasteiger partial charge in [-0.1, -0.05) is 29.8 Å². The zero-order valence-electron chi connectivity index (χ0n) is 12.9. The summed E-state index contributed by atoms with van der Waals surface area (Å²) in [6.45, 7) is 1.92. The molecule has 1 aromatic heterocycles. The van der Waals surface area contributed by atoms with Crippen LogP contribution in [0, 0.1) is 5.92 Å². The first-order valence-corrected chi connectivity index (χ1v) is 8.15. The summed E-state index contributed by atoms with van der Waals surface area (Å²) in [4.78, 5) is 16.6. The maximum Gasteiger partial charge on any atom is 0.234 e. The van der Waals surface area contributed by atoms with Crippen LogP contribution in [0.2, 0.25) is 0 Å². The Morgan fingerprint density at radius 2 is 2.26 bits per heavy atom. The van der Waals surface area contributed by atoms with Crippen molar-refractivity contribution in [2.45, 2.75) is 31.1 Å². The summed E-state index contributed by atoms with van der Waals surface area (Å²) in [5, 5.41) is 10.3. The third-order valence-corrected chi connectivity index (χ3v) is 5.06. The van der Waals surface area contributed by atoms with Crippen LogP contribution in [0.1, 0.15) is 31.0 Å². The van der Waals surface area contributed by atoms with Gasteiger partial charge in [0.1, 0.15) is 0 Å². The lowest BCUT2D eigenvalue weighted by molar-refractivity contribution is -0.115. The Hall–Kier alpha value is -2.21. The molecule has 1 aliphatic carbocycles. The lowest BCUT2D eigenvalue weighted by atomic mass is 9.80. The molecule has 1 aromatic carbocycles. The van der Waals surface area contributed by atoms with E-state index in [2.05, 4.69) is 20.8 Å². The predicted molar refractivity (Wildman–Crippen MR) is 85.0 cm³/mol. The maximum absolute atomic E-state index is 12.1. The van der Waals surface area contributed by atoms with Crippen LogP contribution in [0.4, 0.5) is 5.69 Å². The van der Waals surface area contributed by atoms with Crippen LogP contribution in [0.25, 0.3) is 0 Å². The standard InChI is InChI=1S/C17H20N4O2/c22-15(19-13-6-2-1-3-7-13)9-14-20-16(23-21-14)17-8-4-5-12(17)10-18-11-17/h1-3,6-7,12,18H,4-5,8-11H2,(H,19,22)/t12-,17-/m1/s1. The van der Waals surface area contributed by atoms with Gasteiger partial charge in [0.2, 0.25) is 11.8 Å². The Morgan fingerprint density at radius 1 is 1.39 bits per heavy atom. The molecule has 1 amide bonds. The van der Waals surface area contributed by atoms with Gasteiger partial charge in [-0.15, -0.1) is 0 Å². The number of rotatable bonds is 4. The first-order chi connectivity index (χ1) is 11.3. The van der Waals surface area contributed by atoms with E-state index < -0.39 is 0 Å². The third kappa shape index (κ3) is 2.63. The summed E-state index contributed by atoms with van der Waals surface area (Å²) in [6, 6.07) is 9.38. The minimum absolute atomic E-state index is 0.0127.